The third kappa shape index (κ3) is 4.33. The van der Waals surface area contributed by atoms with E-state index in [1.165, 1.54) is 0 Å². The molecule has 0 radical (unpaired) electrons. The van der Waals surface area contributed by atoms with Gasteiger partial charge < -0.3 is 9.84 Å². The number of aliphatic carboxylic acids is 1. The highest BCUT2D eigenvalue weighted by Crippen LogP contribution is 2.58. The van der Waals surface area contributed by atoms with Crippen molar-refractivity contribution < 1.29 is 24.2 Å². The van der Waals surface area contributed by atoms with Gasteiger partial charge in [0.2, 0.25) is 5.78 Å². The zero-order valence-corrected chi connectivity index (χ0v) is 18.9. The van der Waals surface area contributed by atoms with Crippen molar-refractivity contribution in [2.45, 2.75) is 11.8 Å². The third-order valence-electron chi connectivity index (χ3n) is 6.97. The Hall–Kier alpha value is -4.25. The Bertz CT molecular complexity index is 1330. The van der Waals surface area contributed by atoms with Gasteiger partial charge in [-0.05, 0) is 34.0 Å². The number of carbonyl (C=O) groups excluding carboxylic acids is 2. The molecule has 0 heterocycles. The molecule has 1 saturated carbocycles. The number of fused-ring (bicyclic) bond motifs is 1. The lowest BCUT2D eigenvalue weighted by molar-refractivity contribution is -0.155. The van der Waals surface area contributed by atoms with E-state index >= 15 is 0 Å². The number of hydrogen-bond donors (Lipinski definition) is 1. The molecule has 5 nitrogen and oxygen atoms in total. The molecule has 0 unspecified atom stereocenters. The van der Waals surface area contributed by atoms with E-state index in [1.807, 2.05) is 91.0 Å². The minimum Gasteiger partial charge on any atom is -0.475 e. The van der Waals surface area contributed by atoms with Crippen LogP contribution >= 0.6 is 0 Å². The van der Waals surface area contributed by atoms with Crippen molar-refractivity contribution in [2.75, 3.05) is 6.61 Å². The van der Waals surface area contributed by atoms with Crippen molar-refractivity contribution in [1.29, 1.82) is 0 Å². The lowest BCUT2D eigenvalue weighted by atomic mass is 9.51. The van der Waals surface area contributed by atoms with Crippen molar-refractivity contribution in [2.24, 2.45) is 11.8 Å². The number of esters is 1. The lowest BCUT2D eigenvalue weighted by Gasteiger charge is -2.51. The summed E-state index contributed by atoms with van der Waals surface area (Å²) in [6, 6.07) is 32.0. The molecule has 0 bridgehead atoms. The van der Waals surface area contributed by atoms with Crippen LogP contribution in [-0.2, 0) is 14.3 Å². The van der Waals surface area contributed by atoms with Gasteiger partial charge in [-0.1, -0.05) is 91.0 Å². The molecule has 0 aliphatic heterocycles. The van der Waals surface area contributed by atoms with E-state index in [4.69, 9.17) is 4.74 Å². The summed E-state index contributed by atoms with van der Waals surface area (Å²) in [7, 11) is 0. The summed E-state index contributed by atoms with van der Waals surface area (Å²) < 4.78 is 5.78. The Labute approximate surface area is 203 Å². The largest absolute Gasteiger partial charge is 0.475 e. The standard InChI is InChI=1S/C30H24O5/c31-28(29(32)33)27-25(20-10-3-1-4-11-20)24(26(27)21-12-5-2-6-13-21)18-35-30(34)23-16-15-19-9-7-8-14-22(19)17-23/h1-17,24-27H,18H2,(H,32,33)/t24-,25-,26-,27+/m1/s1. The molecule has 5 rings (SSSR count). The van der Waals surface area contributed by atoms with Crippen molar-refractivity contribution in [3.8, 4) is 0 Å². The molecule has 0 saturated heterocycles. The number of hydrogen-bond acceptors (Lipinski definition) is 4. The highest BCUT2D eigenvalue weighted by molar-refractivity contribution is 6.34. The minimum absolute atomic E-state index is 0.0776. The van der Waals surface area contributed by atoms with Crippen LogP contribution in [0.5, 0.6) is 0 Å². The lowest BCUT2D eigenvalue weighted by Crippen LogP contribution is -2.51. The number of carbonyl (C=O) groups is 3. The summed E-state index contributed by atoms with van der Waals surface area (Å²) in [5.74, 6) is -4.40. The van der Waals surface area contributed by atoms with Crippen molar-refractivity contribution in [1.82, 2.24) is 0 Å². The minimum atomic E-state index is -1.44. The average molecular weight is 465 g/mol. The number of ether oxygens (including phenoxy) is 1. The van der Waals surface area contributed by atoms with Crippen molar-refractivity contribution in [3.05, 3.63) is 120 Å². The number of benzene rings is 4. The Balaban J connectivity index is 1.45. The maximum Gasteiger partial charge on any atom is 0.372 e. The predicted octanol–water partition coefficient (Wildman–Crippen LogP) is 5.46. The summed E-state index contributed by atoms with van der Waals surface area (Å²) in [5, 5.41) is 11.5. The van der Waals surface area contributed by atoms with Gasteiger partial charge in [0.05, 0.1) is 12.2 Å². The average Bonchev–Trinajstić information content (AvgIpc) is 2.88. The molecule has 1 N–H and O–H groups in total. The normalized spacial score (nSPS) is 21.1. The van der Waals surface area contributed by atoms with Gasteiger partial charge >= 0.3 is 11.9 Å². The molecule has 35 heavy (non-hydrogen) atoms. The molecule has 1 aliphatic rings. The van der Waals surface area contributed by atoms with E-state index in [-0.39, 0.29) is 24.4 Å². The summed E-state index contributed by atoms with van der Waals surface area (Å²) in [6.45, 7) is 0.0776. The van der Waals surface area contributed by atoms with E-state index < -0.39 is 23.6 Å². The van der Waals surface area contributed by atoms with Gasteiger partial charge in [0, 0.05) is 23.7 Å². The van der Waals surface area contributed by atoms with Gasteiger partial charge in [0.25, 0.3) is 0 Å². The van der Waals surface area contributed by atoms with Gasteiger partial charge in [-0.3, -0.25) is 4.79 Å². The number of Topliss-reactive ketones (excluding diaryl/α,β-unsaturated/α-hetero) is 1. The first-order chi connectivity index (χ1) is 17.0. The van der Waals surface area contributed by atoms with Gasteiger partial charge in [-0.25, -0.2) is 9.59 Å². The monoisotopic (exact) mass is 464 g/mol. The summed E-state index contributed by atoms with van der Waals surface area (Å²) in [4.78, 5) is 37.5. The van der Waals surface area contributed by atoms with Crippen LogP contribution < -0.4 is 0 Å². The summed E-state index contributed by atoms with van der Waals surface area (Å²) in [5.41, 5.74) is 2.19. The molecule has 1 fully saturated rings. The molecule has 0 spiro atoms. The summed E-state index contributed by atoms with van der Waals surface area (Å²) in [6.07, 6.45) is 0. The third-order valence-corrected chi connectivity index (χ3v) is 6.97. The molecule has 4 aromatic rings. The Kier molecular flexibility index (Phi) is 6.15. The van der Waals surface area contributed by atoms with E-state index in [0.717, 1.165) is 21.9 Å². The molecule has 5 heteroatoms. The zero-order valence-electron chi connectivity index (χ0n) is 18.9. The zero-order chi connectivity index (χ0) is 24.4. The van der Waals surface area contributed by atoms with Gasteiger partial charge in [-0.2, -0.15) is 0 Å². The van der Waals surface area contributed by atoms with E-state index in [9.17, 15) is 19.5 Å². The molecule has 4 aromatic carbocycles. The van der Waals surface area contributed by atoms with Crippen LogP contribution in [0.25, 0.3) is 10.8 Å². The van der Waals surface area contributed by atoms with Gasteiger partial charge in [-0.15, -0.1) is 0 Å². The smallest absolute Gasteiger partial charge is 0.372 e. The van der Waals surface area contributed by atoms with Gasteiger partial charge in [0.15, 0.2) is 0 Å². The number of carboxylic acids is 1. The Morgan fingerprint density at radius 1 is 0.686 bits per heavy atom. The second kappa shape index (κ2) is 9.55. The topological polar surface area (TPSA) is 80.7 Å². The Morgan fingerprint density at radius 2 is 1.23 bits per heavy atom. The predicted molar refractivity (Wildman–Crippen MR) is 132 cm³/mol. The van der Waals surface area contributed by atoms with Crippen molar-refractivity contribution in [3.63, 3.8) is 0 Å². The molecule has 2 atom stereocenters. The first-order valence-electron chi connectivity index (χ1n) is 11.6. The molecular weight excluding hydrogens is 440 g/mol. The Morgan fingerprint density at radius 3 is 1.80 bits per heavy atom. The van der Waals surface area contributed by atoms with Crippen LogP contribution in [0.3, 0.4) is 0 Å². The van der Waals surface area contributed by atoms with Crippen LogP contribution in [-0.4, -0.2) is 29.4 Å². The second-order valence-corrected chi connectivity index (χ2v) is 8.89. The fraction of sp³-hybridized carbons (Fsp3) is 0.167. The quantitative estimate of drug-likeness (QED) is 0.290. The molecule has 174 valence electrons. The van der Waals surface area contributed by atoms with Crippen LogP contribution in [0.4, 0.5) is 0 Å². The van der Waals surface area contributed by atoms with Crippen LogP contribution in [0.15, 0.2) is 103 Å². The van der Waals surface area contributed by atoms with Crippen LogP contribution in [0.2, 0.25) is 0 Å². The van der Waals surface area contributed by atoms with Gasteiger partial charge in [0.1, 0.15) is 0 Å². The maximum absolute atomic E-state index is 13.0. The fourth-order valence-corrected chi connectivity index (χ4v) is 5.34. The first kappa shape index (κ1) is 22.5. The van der Waals surface area contributed by atoms with Crippen molar-refractivity contribution >= 4 is 28.5 Å². The fourth-order valence-electron chi connectivity index (χ4n) is 5.34. The van der Waals surface area contributed by atoms with Crippen LogP contribution in [0, 0.1) is 11.8 Å². The highest BCUT2D eigenvalue weighted by atomic mass is 16.5. The molecule has 1 aliphatic carbocycles. The molecule has 0 aromatic heterocycles. The first-order valence-corrected chi connectivity index (χ1v) is 11.6. The number of ketones is 1. The van der Waals surface area contributed by atoms with Crippen LogP contribution in [0.1, 0.15) is 33.3 Å². The molecule has 0 amide bonds. The van der Waals surface area contributed by atoms with E-state index in [2.05, 4.69) is 0 Å². The molecular formula is C30H24O5. The highest BCUT2D eigenvalue weighted by Gasteiger charge is 2.56. The SMILES string of the molecule is O=C(OC[C@H]1[C@@H](c2ccccc2)[C@@H](C(=O)C(=O)O)[C@@H]1c1ccccc1)c1ccc2ccccc2c1. The van der Waals surface area contributed by atoms with E-state index in [0.29, 0.717) is 5.56 Å². The van der Waals surface area contributed by atoms with E-state index in [1.54, 1.807) is 12.1 Å². The summed E-state index contributed by atoms with van der Waals surface area (Å²) >= 11 is 0. The number of rotatable bonds is 7. The number of carboxylic acid groups (broad SMARTS) is 1. The second-order valence-electron chi connectivity index (χ2n) is 8.89. The maximum atomic E-state index is 13.0.